The van der Waals surface area contributed by atoms with Gasteiger partial charge in [-0.05, 0) is 177 Å². The van der Waals surface area contributed by atoms with Gasteiger partial charge in [0.1, 0.15) is 0 Å². The molecule has 372 valence electrons. The Balaban J connectivity index is 0.919. The summed E-state index contributed by atoms with van der Waals surface area (Å²) >= 11 is 0. The van der Waals surface area contributed by atoms with Crippen LogP contribution in [0, 0.1) is 0 Å². The lowest BCUT2D eigenvalue weighted by Gasteiger charge is -2.31. The topological polar surface area (TPSA) is 6.48 Å². The fourth-order valence-electron chi connectivity index (χ4n) is 13.3. The van der Waals surface area contributed by atoms with E-state index in [1.54, 1.807) is 0 Å². The summed E-state index contributed by atoms with van der Waals surface area (Å²) in [6.45, 7) is 4.64. The van der Waals surface area contributed by atoms with Gasteiger partial charge in [-0.15, -0.1) is 0 Å². The lowest BCUT2D eigenvalue weighted by Crippen LogP contribution is -2.19. The van der Waals surface area contributed by atoms with Crippen molar-refractivity contribution in [2.45, 2.75) is 70.6 Å². The van der Waals surface area contributed by atoms with Crippen molar-refractivity contribution < 1.29 is 0 Å². The van der Waals surface area contributed by atoms with Crippen molar-refractivity contribution in [1.29, 1.82) is 0 Å². The van der Waals surface area contributed by atoms with Crippen molar-refractivity contribution in [2.75, 3.05) is 9.80 Å². The molecule has 0 atom stereocenters. The molecule has 12 aromatic carbocycles. The van der Waals surface area contributed by atoms with Gasteiger partial charge >= 0.3 is 0 Å². The van der Waals surface area contributed by atoms with Gasteiger partial charge in [-0.25, -0.2) is 0 Å². The highest BCUT2D eigenvalue weighted by molar-refractivity contribution is 6.24. The SMILES string of the molecule is CC(C)(c1ccccc1)c1ccc(N(c2ccccc2)c2c3ccccc3c(-c3ccc(-c4c5ccccc5c(N(c5ccc6c(c5)CCCC6)c5ccc6c(c5)CCCC6)c5ccccc45)cc3)c3ccccc23)cc1. The Morgan fingerprint density at radius 3 is 1.00 bits per heavy atom. The minimum absolute atomic E-state index is 0.150. The van der Waals surface area contributed by atoms with Crippen LogP contribution in [0.5, 0.6) is 0 Å². The molecule has 14 rings (SSSR count). The van der Waals surface area contributed by atoms with Gasteiger partial charge in [0.15, 0.2) is 0 Å². The highest BCUT2D eigenvalue weighted by Gasteiger charge is 2.28. The molecule has 2 nitrogen and oxygen atoms in total. The van der Waals surface area contributed by atoms with E-state index in [0.717, 1.165) is 24.2 Å². The van der Waals surface area contributed by atoms with E-state index in [1.165, 1.54) is 160 Å². The average molecular weight is 991 g/mol. The molecule has 0 aliphatic heterocycles. The molecule has 0 saturated carbocycles. The van der Waals surface area contributed by atoms with Crippen LogP contribution in [0.2, 0.25) is 0 Å². The maximum absolute atomic E-state index is 2.60. The first kappa shape index (κ1) is 46.8. The summed E-state index contributed by atoms with van der Waals surface area (Å²) in [4.78, 5) is 5.07. The number of benzene rings is 12. The zero-order valence-corrected chi connectivity index (χ0v) is 44.1. The second kappa shape index (κ2) is 19.4. The van der Waals surface area contributed by atoms with Crippen molar-refractivity contribution in [3.63, 3.8) is 0 Å². The maximum atomic E-state index is 2.60. The lowest BCUT2D eigenvalue weighted by molar-refractivity contribution is 0.641. The summed E-state index contributed by atoms with van der Waals surface area (Å²) in [6.07, 6.45) is 9.68. The van der Waals surface area contributed by atoms with E-state index >= 15 is 0 Å². The summed E-state index contributed by atoms with van der Waals surface area (Å²) in [5.74, 6) is 0. The summed E-state index contributed by atoms with van der Waals surface area (Å²) in [5, 5.41) is 9.88. The summed E-state index contributed by atoms with van der Waals surface area (Å²) in [7, 11) is 0. The Morgan fingerprint density at radius 2 is 0.584 bits per heavy atom. The first-order valence-corrected chi connectivity index (χ1v) is 28.0. The van der Waals surface area contributed by atoms with Gasteiger partial charge in [0, 0.05) is 49.7 Å². The van der Waals surface area contributed by atoms with Crippen molar-refractivity contribution in [3.8, 4) is 22.3 Å². The van der Waals surface area contributed by atoms with Gasteiger partial charge in [0.25, 0.3) is 0 Å². The third-order valence-corrected chi connectivity index (χ3v) is 17.3. The van der Waals surface area contributed by atoms with Crippen LogP contribution in [0.15, 0.2) is 243 Å². The minimum atomic E-state index is -0.150. The lowest BCUT2D eigenvalue weighted by atomic mass is 9.78. The van der Waals surface area contributed by atoms with Crippen molar-refractivity contribution in [2.24, 2.45) is 0 Å². The van der Waals surface area contributed by atoms with Crippen LogP contribution >= 0.6 is 0 Å². The highest BCUT2D eigenvalue weighted by atomic mass is 15.2. The number of hydrogen-bond acceptors (Lipinski definition) is 2. The molecule has 0 N–H and O–H groups in total. The molecule has 0 saturated heterocycles. The monoisotopic (exact) mass is 990 g/mol. The maximum Gasteiger partial charge on any atom is 0.0618 e. The molecule has 0 spiro atoms. The van der Waals surface area contributed by atoms with Crippen LogP contribution in [0.25, 0.3) is 65.3 Å². The Hall–Kier alpha value is -8.72. The van der Waals surface area contributed by atoms with Gasteiger partial charge in [0.05, 0.1) is 11.4 Å². The van der Waals surface area contributed by atoms with E-state index in [2.05, 4.69) is 266 Å². The van der Waals surface area contributed by atoms with E-state index in [1.807, 2.05) is 0 Å². The third kappa shape index (κ3) is 8.17. The third-order valence-electron chi connectivity index (χ3n) is 17.3. The fourth-order valence-corrected chi connectivity index (χ4v) is 13.3. The van der Waals surface area contributed by atoms with Gasteiger partial charge in [-0.3, -0.25) is 0 Å². The number of hydrogen-bond donors (Lipinski definition) is 0. The van der Waals surface area contributed by atoms with Crippen LogP contribution in [-0.2, 0) is 31.1 Å². The molecule has 12 aromatic rings. The largest absolute Gasteiger partial charge is 0.309 e. The van der Waals surface area contributed by atoms with Gasteiger partial charge in [0.2, 0.25) is 0 Å². The number of para-hydroxylation sites is 1. The van der Waals surface area contributed by atoms with Gasteiger partial charge in [-0.2, -0.15) is 0 Å². The van der Waals surface area contributed by atoms with E-state index in [9.17, 15) is 0 Å². The zero-order valence-electron chi connectivity index (χ0n) is 44.1. The predicted octanol–water partition coefficient (Wildman–Crippen LogP) is 20.7. The quantitative estimate of drug-likeness (QED) is 0.126. The molecule has 0 fully saturated rings. The van der Waals surface area contributed by atoms with Crippen LogP contribution < -0.4 is 9.80 Å². The Labute approximate surface area is 453 Å². The van der Waals surface area contributed by atoms with Crippen molar-refractivity contribution >= 4 is 77.2 Å². The molecule has 2 heteroatoms. The molecule has 0 heterocycles. The van der Waals surface area contributed by atoms with Crippen molar-refractivity contribution in [3.05, 3.63) is 276 Å². The number of aryl methyl sites for hydroxylation is 4. The average Bonchev–Trinajstić information content (AvgIpc) is 3.51. The number of rotatable bonds is 10. The van der Waals surface area contributed by atoms with Crippen LogP contribution in [-0.4, -0.2) is 0 Å². The van der Waals surface area contributed by atoms with E-state index in [4.69, 9.17) is 0 Å². The van der Waals surface area contributed by atoms with Gasteiger partial charge in [-0.1, -0.05) is 208 Å². The molecular weight excluding hydrogens is 929 g/mol. The van der Waals surface area contributed by atoms with Crippen LogP contribution in [0.3, 0.4) is 0 Å². The molecule has 0 unspecified atom stereocenters. The molecule has 2 aliphatic carbocycles. The number of fused-ring (bicyclic) bond motifs is 6. The number of nitrogens with zero attached hydrogens (tertiary/aromatic N) is 2. The summed E-state index contributed by atoms with van der Waals surface area (Å²) in [6, 6.07) is 91.5. The molecule has 77 heavy (non-hydrogen) atoms. The van der Waals surface area contributed by atoms with E-state index in [0.29, 0.717) is 0 Å². The van der Waals surface area contributed by atoms with Crippen LogP contribution in [0.1, 0.15) is 72.9 Å². The second-order valence-electron chi connectivity index (χ2n) is 22.1. The van der Waals surface area contributed by atoms with E-state index in [-0.39, 0.29) is 5.41 Å². The highest BCUT2D eigenvalue weighted by Crippen LogP contribution is 2.51. The Bertz CT molecular complexity index is 4000. The second-order valence-corrected chi connectivity index (χ2v) is 22.1. The predicted molar refractivity (Wildman–Crippen MR) is 329 cm³/mol. The zero-order chi connectivity index (χ0) is 51.5. The van der Waals surface area contributed by atoms with Gasteiger partial charge < -0.3 is 9.80 Å². The molecule has 0 aromatic heterocycles. The summed E-state index contributed by atoms with van der Waals surface area (Å²) in [5.41, 5.74) is 20.5. The molecular formula is C75H62N2. The molecule has 0 radical (unpaired) electrons. The van der Waals surface area contributed by atoms with Crippen molar-refractivity contribution in [1.82, 2.24) is 0 Å². The minimum Gasteiger partial charge on any atom is -0.309 e. The first-order chi connectivity index (χ1) is 38.0. The normalized spacial score (nSPS) is 13.4. The Kier molecular flexibility index (Phi) is 11.8. The first-order valence-electron chi connectivity index (χ1n) is 28.0. The standard InChI is InChI=1S/C75H62N2/c1-75(2,57-25-5-3-6-26-57)58-43-47-60(48-44-58)76(59-27-7-4-8-28-59)73-67-33-17-13-29-63(67)71(64-30-14-18-34-68(64)73)53-37-39-54(40-38-53)72-65-31-15-19-35-69(65)74(70-36-20-16-32-66(70)72)77(61-45-41-51-21-9-11-23-55(51)49-61)62-46-42-52-22-10-12-24-56(52)50-62/h3-8,13-20,25-50H,9-12,21-24H2,1-2H3. The smallest absolute Gasteiger partial charge is 0.0618 e. The fraction of sp³-hybridized carbons (Fsp3) is 0.147. The molecule has 0 amide bonds. The van der Waals surface area contributed by atoms with E-state index < -0.39 is 0 Å². The molecule has 2 aliphatic rings. The number of anilines is 6. The molecule has 0 bridgehead atoms. The Morgan fingerprint density at radius 1 is 0.273 bits per heavy atom. The summed E-state index contributed by atoms with van der Waals surface area (Å²) < 4.78 is 0. The van der Waals surface area contributed by atoms with Crippen LogP contribution in [0.4, 0.5) is 34.1 Å².